The molecule has 0 aliphatic carbocycles. The molecule has 0 unspecified atom stereocenters. The second-order valence-electron chi connectivity index (χ2n) is 5.34. The van der Waals surface area contributed by atoms with Crippen LogP contribution >= 0.6 is 0 Å². The van der Waals surface area contributed by atoms with Gasteiger partial charge < -0.3 is 10.6 Å². The first-order valence-electron chi connectivity index (χ1n) is 6.97. The van der Waals surface area contributed by atoms with Crippen molar-refractivity contribution in [1.82, 2.24) is 15.5 Å². The number of halogens is 1. The number of rotatable bonds is 3. The smallest absolute Gasteiger partial charge is 0.125 e. The lowest BCUT2D eigenvalue weighted by atomic mass is 10.1. The fourth-order valence-electron chi connectivity index (χ4n) is 2.83. The second-order valence-corrected chi connectivity index (χ2v) is 5.34. The molecule has 0 atom stereocenters. The Kier molecular flexibility index (Phi) is 2.86. The van der Waals surface area contributed by atoms with Crippen LogP contribution in [0.3, 0.4) is 0 Å². The first kappa shape index (κ1) is 12.3. The number of hydrogen-bond acceptors (Lipinski definition) is 3. The minimum Gasteiger partial charge on any atom is -0.381 e. The van der Waals surface area contributed by atoms with Crippen molar-refractivity contribution in [2.75, 3.05) is 5.32 Å². The number of H-pyrrole nitrogens is 1. The molecule has 3 aromatic rings. The Bertz CT molecular complexity index is 809. The summed E-state index contributed by atoms with van der Waals surface area (Å²) in [5.74, 6) is -0.248. The molecule has 0 saturated carbocycles. The molecule has 2 aromatic carbocycles. The van der Waals surface area contributed by atoms with Gasteiger partial charge in [-0.15, -0.1) is 0 Å². The zero-order valence-electron chi connectivity index (χ0n) is 11.4. The van der Waals surface area contributed by atoms with Crippen molar-refractivity contribution in [2.45, 2.75) is 19.6 Å². The van der Waals surface area contributed by atoms with Gasteiger partial charge in [0, 0.05) is 30.7 Å². The summed E-state index contributed by atoms with van der Waals surface area (Å²) in [7, 11) is 0. The zero-order chi connectivity index (χ0) is 14.2. The maximum absolute atomic E-state index is 13.6. The molecule has 1 aliphatic heterocycles. The van der Waals surface area contributed by atoms with Crippen LogP contribution in [-0.4, -0.2) is 10.2 Å². The van der Waals surface area contributed by atoms with E-state index in [2.05, 4.69) is 39.0 Å². The van der Waals surface area contributed by atoms with Crippen LogP contribution in [0.1, 0.15) is 16.7 Å². The molecule has 1 aromatic heterocycles. The van der Waals surface area contributed by atoms with Gasteiger partial charge in [-0.3, -0.25) is 5.10 Å². The third kappa shape index (κ3) is 2.25. The molecule has 1 aliphatic rings. The Hall–Kier alpha value is -2.40. The molecule has 21 heavy (non-hydrogen) atoms. The van der Waals surface area contributed by atoms with E-state index in [4.69, 9.17) is 0 Å². The molecule has 3 N–H and O–H groups in total. The molecule has 2 heterocycles. The summed E-state index contributed by atoms with van der Waals surface area (Å²) in [5.41, 5.74) is 5.36. The third-order valence-electron chi connectivity index (χ3n) is 3.93. The first-order valence-corrected chi connectivity index (χ1v) is 6.97. The van der Waals surface area contributed by atoms with Crippen molar-refractivity contribution in [2.24, 2.45) is 0 Å². The molecule has 0 fully saturated rings. The van der Waals surface area contributed by atoms with Gasteiger partial charge in [0.25, 0.3) is 0 Å². The Morgan fingerprint density at radius 2 is 2.05 bits per heavy atom. The number of hydrogen-bond donors (Lipinski definition) is 3. The van der Waals surface area contributed by atoms with Gasteiger partial charge in [0.1, 0.15) is 5.82 Å². The van der Waals surface area contributed by atoms with Gasteiger partial charge in [-0.2, -0.15) is 5.10 Å². The monoisotopic (exact) mass is 282 g/mol. The SMILES string of the molecule is Fc1cc(CNc2ccc3c(c2)CNC3)c2cn[nH]c2c1. The average molecular weight is 282 g/mol. The highest BCUT2D eigenvalue weighted by molar-refractivity contribution is 5.82. The van der Waals surface area contributed by atoms with Gasteiger partial charge in [-0.25, -0.2) is 4.39 Å². The summed E-state index contributed by atoms with van der Waals surface area (Å²) in [6.45, 7) is 2.42. The number of anilines is 1. The van der Waals surface area contributed by atoms with Crippen LogP contribution in [-0.2, 0) is 19.6 Å². The van der Waals surface area contributed by atoms with E-state index < -0.39 is 0 Å². The number of nitrogens with zero attached hydrogens (tertiary/aromatic N) is 1. The van der Waals surface area contributed by atoms with E-state index in [-0.39, 0.29) is 5.82 Å². The molecule has 0 amide bonds. The molecule has 106 valence electrons. The highest BCUT2D eigenvalue weighted by atomic mass is 19.1. The van der Waals surface area contributed by atoms with Gasteiger partial charge in [-0.05, 0) is 41.0 Å². The third-order valence-corrected chi connectivity index (χ3v) is 3.93. The molecule has 4 nitrogen and oxygen atoms in total. The van der Waals surface area contributed by atoms with Crippen LogP contribution in [0.15, 0.2) is 36.5 Å². The molecule has 0 bridgehead atoms. The van der Waals surface area contributed by atoms with Crippen LogP contribution < -0.4 is 10.6 Å². The molecule has 5 heteroatoms. The van der Waals surface area contributed by atoms with Crippen LogP contribution in [0, 0.1) is 5.82 Å². The predicted molar refractivity (Wildman–Crippen MR) is 80.4 cm³/mol. The number of fused-ring (bicyclic) bond motifs is 2. The second kappa shape index (κ2) is 4.86. The Morgan fingerprint density at radius 1 is 1.14 bits per heavy atom. The van der Waals surface area contributed by atoms with Crippen molar-refractivity contribution in [1.29, 1.82) is 0 Å². The van der Waals surface area contributed by atoms with Gasteiger partial charge in [0.2, 0.25) is 0 Å². The van der Waals surface area contributed by atoms with E-state index in [9.17, 15) is 4.39 Å². The quantitative estimate of drug-likeness (QED) is 0.692. The maximum atomic E-state index is 13.6. The van der Waals surface area contributed by atoms with Crippen molar-refractivity contribution in [3.63, 3.8) is 0 Å². The first-order chi connectivity index (χ1) is 10.3. The normalized spacial score (nSPS) is 13.6. The average Bonchev–Trinajstić information content (AvgIpc) is 3.12. The van der Waals surface area contributed by atoms with E-state index in [0.29, 0.717) is 6.54 Å². The van der Waals surface area contributed by atoms with E-state index in [1.165, 1.54) is 17.2 Å². The zero-order valence-corrected chi connectivity index (χ0v) is 11.4. The molecule has 0 radical (unpaired) electrons. The Labute approximate surface area is 121 Å². The topological polar surface area (TPSA) is 52.7 Å². The molecule has 0 saturated heterocycles. The van der Waals surface area contributed by atoms with E-state index in [1.807, 2.05) is 0 Å². The lowest BCUT2D eigenvalue weighted by Crippen LogP contribution is -2.01. The van der Waals surface area contributed by atoms with Crippen molar-refractivity contribution in [3.8, 4) is 0 Å². The number of benzene rings is 2. The molecule has 4 rings (SSSR count). The molecular formula is C16H15FN4. The highest BCUT2D eigenvalue weighted by Crippen LogP contribution is 2.22. The van der Waals surface area contributed by atoms with Gasteiger partial charge >= 0.3 is 0 Å². The summed E-state index contributed by atoms with van der Waals surface area (Å²) >= 11 is 0. The summed E-state index contributed by atoms with van der Waals surface area (Å²) in [4.78, 5) is 0. The highest BCUT2D eigenvalue weighted by Gasteiger charge is 2.10. The summed E-state index contributed by atoms with van der Waals surface area (Å²) in [6, 6.07) is 9.38. The standard InChI is InChI=1S/C16H15FN4/c17-13-3-12(15-9-20-21-16(15)5-13)8-19-14-2-1-10-6-18-7-11(10)4-14/h1-5,9,18-19H,6-8H2,(H,20,21). The predicted octanol–water partition coefficient (Wildman–Crippen LogP) is 2.92. The lowest BCUT2D eigenvalue weighted by molar-refractivity contribution is 0.627. The summed E-state index contributed by atoms with van der Waals surface area (Å²) in [5, 5.41) is 14.4. The minimum absolute atomic E-state index is 0.248. The largest absolute Gasteiger partial charge is 0.381 e. The fourth-order valence-corrected chi connectivity index (χ4v) is 2.83. The van der Waals surface area contributed by atoms with Gasteiger partial charge in [0.05, 0.1) is 11.7 Å². The summed E-state index contributed by atoms with van der Waals surface area (Å²) < 4.78 is 13.6. The van der Waals surface area contributed by atoms with E-state index in [0.717, 1.165) is 35.2 Å². The maximum Gasteiger partial charge on any atom is 0.125 e. The Balaban J connectivity index is 1.59. The van der Waals surface area contributed by atoms with Gasteiger partial charge in [-0.1, -0.05) is 6.07 Å². The van der Waals surface area contributed by atoms with Crippen molar-refractivity contribution < 1.29 is 4.39 Å². The molecule has 0 spiro atoms. The van der Waals surface area contributed by atoms with Crippen molar-refractivity contribution in [3.05, 3.63) is 59.0 Å². The number of aromatic nitrogens is 2. The number of aromatic amines is 1. The van der Waals surface area contributed by atoms with Crippen LogP contribution in [0.4, 0.5) is 10.1 Å². The van der Waals surface area contributed by atoms with Crippen LogP contribution in [0.25, 0.3) is 10.9 Å². The summed E-state index contributed by atoms with van der Waals surface area (Å²) in [6.07, 6.45) is 1.73. The minimum atomic E-state index is -0.248. The van der Waals surface area contributed by atoms with Gasteiger partial charge in [0.15, 0.2) is 0 Å². The Morgan fingerprint density at radius 3 is 3.00 bits per heavy atom. The fraction of sp³-hybridized carbons (Fsp3) is 0.188. The van der Waals surface area contributed by atoms with Crippen molar-refractivity contribution >= 4 is 16.6 Å². The van der Waals surface area contributed by atoms with Crippen LogP contribution in [0.2, 0.25) is 0 Å². The number of nitrogens with one attached hydrogen (secondary N) is 3. The molecular weight excluding hydrogens is 267 g/mol. The van der Waals surface area contributed by atoms with E-state index in [1.54, 1.807) is 12.3 Å². The van der Waals surface area contributed by atoms with E-state index >= 15 is 0 Å². The van der Waals surface area contributed by atoms with Crippen LogP contribution in [0.5, 0.6) is 0 Å². The lowest BCUT2D eigenvalue weighted by Gasteiger charge is -2.09.